The number of pyridine rings is 2. The van der Waals surface area contributed by atoms with Crippen LogP contribution >= 0.6 is 11.6 Å². The van der Waals surface area contributed by atoms with Crippen LogP contribution in [0.3, 0.4) is 0 Å². The van der Waals surface area contributed by atoms with Crippen LogP contribution in [0.1, 0.15) is 29.3 Å². The van der Waals surface area contributed by atoms with E-state index in [1.165, 1.54) is 12.3 Å². The number of hydrogen-bond acceptors (Lipinski definition) is 4. The van der Waals surface area contributed by atoms with E-state index in [0.29, 0.717) is 29.5 Å². The molecular weight excluding hydrogens is 395 g/mol. The Hall–Kier alpha value is -3.26. The van der Waals surface area contributed by atoms with Crippen molar-refractivity contribution in [2.45, 2.75) is 19.5 Å². The molecule has 0 saturated carbocycles. The van der Waals surface area contributed by atoms with Crippen LogP contribution in [0.25, 0.3) is 16.8 Å². The molecule has 0 aromatic carbocycles. The number of hydrogen-bond donors (Lipinski definition) is 0. The average Bonchev–Trinajstić information content (AvgIpc) is 3.32. The molecule has 29 heavy (non-hydrogen) atoms. The quantitative estimate of drug-likeness (QED) is 0.473. The van der Waals surface area contributed by atoms with Crippen molar-refractivity contribution in [2.24, 2.45) is 0 Å². The first-order chi connectivity index (χ1) is 14.0. The maximum atomic E-state index is 13.1. The highest BCUT2D eigenvalue weighted by Crippen LogP contribution is 2.29. The van der Waals surface area contributed by atoms with Crippen molar-refractivity contribution in [3.63, 3.8) is 0 Å². The second-order valence-electron chi connectivity index (χ2n) is 6.97. The van der Waals surface area contributed by atoms with Gasteiger partial charge in [0.1, 0.15) is 5.82 Å². The number of halogens is 2. The Balaban J connectivity index is 1.44. The second kappa shape index (κ2) is 6.66. The van der Waals surface area contributed by atoms with Crippen molar-refractivity contribution in [3.8, 4) is 11.3 Å². The fraction of sp³-hybridized carbons (Fsp3) is 0.200. The molecule has 9 heteroatoms. The Bertz CT molecular complexity index is 1230. The molecule has 1 aliphatic heterocycles. The smallest absolute Gasteiger partial charge is 0.275 e. The molecule has 7 nitrogen and oxygen atoms in total. The number of nitrogens with zero attached hydrogens (tertiary/aromatic N) is 6. The standard InChI is InChI=1S/C20H16ClFN6O/c1-12-19-24-17(13-2-5-18(22)23-9-13)11-26(19)6-7-27(12)20(29)16-8-15-4-3-14(21)10-28(15)25-16/h2-5,8-12H,6-7H2,1H3. The fourth-order valence-corrected chi connectivity index (χ4v) is 3.80. The van der Waals surface area contributed by atoms with Gasteiger partial charge in [-0.3, -0.25) is 4.79 Å². The molecule has 0 N–H and O–H groups in total. The molecule has 0 radical (unpaired) electrons. The number of aromatic nitrogens is 5. The number of rotatable bonds is 2. The summed E-state index contributed by atoms with van der Waals surface area (Å²) in [4.78, 5) is 23.2. The third kappa shape index (κ3) is 3.05. The Kier molecular flexibility index (Phi) is 4.09. The number of carbonyl (C=O) groups is 1. The van der Waals surface area contributed by atoms with Crippen molar-refractivity contribution in [1.29, 1.82) is 0 Å². The van der Waals surface area contributed by atoms with E-state index in [-0.39, 0.29) is 11.9 Å². The predicted octanol–water partition coefficient (Wildman–Crippen LogP) is 3.60. The summed E-state index contributed by atoms with van der Waals surface area (Å²) >= 11 is 6.00. The predicted molar refractivity (Wildman–Crippen MR) is 105 cm³/mol. The molecule has 0 aliphatic carbocycles. The number of imidazole rings is 1. The van der Waals surface area contributed by atoms with E-state index in [1.807, 2.05) is 23.8 Å². The van der Waals surface area contributed by atoms with E-state index >= 15 is 0 Å². The summed E-state index contributed by atoms with van der Waals surface area (Å²) in [7, 11) is 0. The van der Waals surface area contributed by atoms with Gasteiger partial charge in [-0.05, 0) is 37.3 Å². The highest BCUT2D eigenvalue weighted by molar-refractivity contribution is 6.30. The van der Waals surface area contributed by atoms with E-state index in [4.69, 9.17) is 11.6 Å². The molecule has 0 bridgehead atoms. The zero-order chi connectivity index (χ0) is 20.1. The van der Waals surface area contributed by atoms with E-state index in [2.05, 4.69) is 15.1 Å². The minimum atomic E-state index is -0.531. The molecule has 0 spiro atoms. The highest BCUT2D eigenvalue weighted by Gasteiger charge is 2.31. The minimum Gasteiger partial charge on any atom is -0.331 e. The molecule has 5 rings (SSSR count). The van der Waals surface area contributed by atoms with Crippen molar-refractivity contribution in [3.05, 3.63) is 71.4 Å². The number of fused-ring (bicyclic) bond motifs is 2. The fourth-order valence-electron chi connectivity index (χ4n) is 3.65. The highest BCUT2D eigenvalue weighted by atomic mass is 35.5. The molecule has 4 aromatic rings. The van der Waals surface area contributed by atoms with Gasteiger partial charge in [-0.2, -0.15) is 9.49 Å². The van der Waals surface area contributed by atoms with Crippen LogP contribution in [-0.4, -0.2) is 41.5 Å². The van der Waals surface area contributed by atoms with E-state index in [0.717, 1.165) is 16.9 Å². The van der Waals surface area contributed by atoms with Crippen LogP contribution in [0.15, 0.2) is 48.9 Å². The summed E-state index contributed by atoms with van der Waals surface area (Å²) in [5.41, 5.74) is 2.60. The van der Waals surface area contributed by atoms with Crippen molar-refractivity contribution >= 4 is 23.0 Å². The normalized spacial score (nSPS) is 16.2. The van der Waals surface area contributed by atoms with Gasteiger partial charge in [0.05, 0.1) is 22.3 Å². The maximum absolute atomic E-state index is 13.1. The van der Waals surface area contributed by atoms with Gasteiger partial charge in [-0.15, -0.1) is 0 Å². The zero-order valence-electron chi connectivity index (χ0n) is 15.5. The molecule has 1 unspecified atom stereocenters. The van der Waals surface area contributed by atoms with Crippen LogP contribution in [0.2, 0.25) is 5.02 Å². The second-order valence-corrected chi connectivity index (χ2v) is 7.40. The summed E-state index contributed by atoms with van der Waals surface area (Å²) < 4.78 is 16.7. The molecule has 5 heterocycles. The Morgan fingerprint density at radius 3 is 2.86 bits per heavy atom. The monoisotopic (exact) mass is 410 g/mol. The van der Waals surface area contributed by atoms with Crippen LogP contribution in [0.5, 0.6) is 0 Å². The Morgan fingerprint density at radius 1 is 1.21 bits per heavy atom. The third-order valence-electron chi connectivity index (χ3n) is 5.16. The van der Waals surface area contributed by atoms with Gasteiger partial charge < -0.3 is 9.47 Å². The molecule has 146 valence electrons. The van der Waals surface area contributed by atoms with Gasteiger partial charge in [0.15, 0.2) is 5.69 Å². The van der Waals surface area contributed by atoms with Crippen LogP contribution < -0.4 is 0 Å². The van der Waals surface area contributed by atoms with Gasteiger partial charge in [0.2, 0.25) is 5.95 Å². The summed E-state index contributed by atoms with van der Waals surface area (Å²) in [6, 6.07) is 8.06. The lowest BCUT2D eigenvalue weighted by Gasteiger charge is -2.33. The van der Waals surface area contributed by atoms with E-state index < -0.39 is 5.95 Å². The average molecular weight is 411 g/mol. The molecule has 1 amide bonds. The molecular formula is C20H16ClFN6O. The molecule has 1 atom stereocenters. The topological polar surface area (TPSA) is 68.3 Å². The van der Waals surface area contributed by atoms with Gasteiger partial charge >= 0.3 is 0 Å². The summed E-state index contributed by atoms with van der Waals surface area (Å²) in [5.74, 6) is 0.0870. The lowest BCUT2D eigenvalue weighted by atomic mass is 10.2. The maximum Gasteiger partial charge on any atom is 0.275 e. The van der Waals surface area contributed by atoms with Gasteiger partial charge in [-0.25, -0.2) is 14.5 Å². The van der Waals surface area contributed by atoms with Gasteiger partial charge in [-0.1, -0.05) is 11.6 Å². The van der Waals surface area contributed by atoms with Crippen LogP contribution in [0.4, 0.5) is 4.39 Å². The van der Waals surface area contributed by atoms with Crippen molar-refractivity contribution < 1.29 is 9.18 Å². The molecule has 4 aromatic heterocycles. The first kappa shape index (κ1) is 17.8. The molecule has 1 aliphatic rings. The van der Waals surface area contributed by atoms with Crippen molar-refractivity contribution in [2.75, 3.05) is 6.54 Å². The first-order valence-electron chi connectivity index (χ1n) is 9.14. The minimum absolute atomic E-state index is 0.156. The van der Waals surface area contributed by atoms with Crippen LogP contribution in [-0.2, 0) is 6.54 Å². The zero-order valence-corrected chi connectivity index (χ0v) is 16.2. The SMILES string of the molecule is CC1c2nc(-c3ccc(F)nc3)cn2CCN1C(=O)c1cc2ccc(Cl)cn2n1. The number of carbonyl (C=O) groups excluding carboxylic acids is 1. The summed E-state index contributed by atoms with van der Waals surface area (Å²) in [5, 5.41) is 4.92. The lowest BCUT2D eigenvalue weighted by Crippen LogP contribution is -2.41. The molecule has 0 fully saturated rings. The Labute approximate surface area is 170 Å². The van der Waals surface area contributed by atoms with Crippen LogP contribution in [0, 0.1) is 5.95 Å². The summed E-state index contributed by atoms with van der Waals surface area (Å²) in [6.07, 6.45) is 5.04. The van der Waals surface area contributed by atoms with Gasteiger partial charge in [0, 0.05) is 37.2 Å². The Morgan fingerprint density at radius 2 is 2.07 bits per heavy atom. The van der Waals surface area contributed by atoms with Gasteiger partial charge in [0.25, 0.3) is 5.91 Å². The van der Waals surface area contributed by atoms with E-state index in [1.54, 1.807) is 33.8 Å². The lowest BCUT2D eigenvalue weighted by molar-refractivity contribution is 0.0631. The van der Waals surface area contributed by atoms with E-state index in [9.17, 15) is 9.18 Å². The third-order valence-corrected chi connectivity index (χ3v) is 5.38. The largest absolute Gasteiger partial charge is 0.331 e. The first-order valence-corrected chi connectivity index (χ1v) is 9.52. The van der Waals surface area contributed by atoms with Crippen molar-refractivity contribution in [1.82, 2.24) is 29.0 Å². The number of amides is 1. The summed E-state index contributed by atoms with van der Waals surface area (Å²) in [6.45, 7) is 3.10. The molecule has 0 saturated heterocycles.